The molecule has 1 atom stereocenters. The van der Waals surface area contributed by atoms with Crippen molar-refractivity contribution in [3.63, 3.8) is 0 Å². The summed E-state index contributed by atoms with van der Waals surface area (Å²) in [5, 5.41) is 5.64. The molecular weight excluding hydrogens is 392 g/mol. The van der Waals surface area contributed by atoms with E-state index in [1.807, 2.05) is 25.1 Å². The Labute approximate surface area is 161 Å². The third kappa shape index (κ3) is 4.32. The molecular formula is C17H17ClN4O2S2. The predicted octanol–water partition coefficient (Wildman–Crippen LogP) is 4.56. The van der Waals surface area contributed by atoms with Gasteiger partial charge in [0.05, 0.1) is 27.3 Å². The van der Waals surface area contributed by atoms with Gasteiger partial charge in [-0.2, -0.15) is 0 Å². The molecule has 136 valence electrons. The zero-order valence-electron chi connectivity index (χ0n) is 13.9. The average Bonchev–Trinajstić information content (AvgIpc) is 3.13. The lowest BCUT2D eigenvalue weighted by Crippen LogP contribution is -2.14. The number of thiazole rings is 1. The molecule has 2 N–H and O–H groups in total. The van der Waals surface area contributed by atoms with E-state index in [2.05, 4.69) is 20.0 Å². The summed E-state index contributed by atoms with van der Waals surface area (Å²) in [5.74, 6) is 0. The second-order valence-corrected chi connectivity index (χ2v) is 8.43. The fraction of sp³-hybridized carbons (Fsp3) is 0.176. The zero-order valence-corrected chi connectivity index (χ0v) is 16.3. The molecule has 0 aliphatic heterocycles. The van der Waals surface area contributed by atoms with Crippen LogP contribution in [0.15, 0.2) is 59.1 Å². The fourth-order valence-corrected chi connectivity index (χ4v) is 4.50. The maximum Gasteiger partial charge on any atom is 0.263 e. The number of hydrogen-bond acceptors (Lipinski definition) is 6. The number of nitrogens with zero attached hydrogens (tertiary/aromatic N) is 2. The molecule has 0 aliphatic rings. The first-order chi connectivity index (χ1) is 12.5. The molecule has 2 heterocycles. The molecule has 0 saturated heterocycles. The van der Waals surface area contributed by atoms with Crippen molar-refractivity contribution < 1.29 is 8.42 Å². The van der Waals surface area contributed by atoms with E-state index < -0.39 is 10.0 Å². The Morgan fingerprint density at radius 2 is 2.04 bits per heavy atom. The van der Waals surface area contributed by atoms with Crippen LogP contribution in [0.3, 0.4) is 0 Å². The Bertz CT molecular complexity index is 964. The topological polar surface area (TPSA) is 84.0 Å². The number of pyridine rings is 1. The molecule has 0 bridgehead atoms. The Hall–Kier alpha value is -2.16. The van der Waals surface area contributed by atoms with Crippen molar-refractivity contribution in [2.75, 3.05) is 10.0 Å². The highest BCUT2D eigenvalue weighted by molar-refractivity contribution is 7.93. The highest BCUT2D eigenvalue weighted by Gasteiger charge is 2.18. The van der Waals surface area contributed by atoms with E-state index >= 15 is 0 Å². The van der Waals surface area contributed by atoms with Crippen LogP contribution in [0.4, 0.5) is 10.8 Å². The lowest BCUT2D eigenvalue weighted by Gasteiger charge is -2.19. The van der Waals surface area contributed by atoms with Gasteiger partial charge in [-0.3, -0.25) is 9.71 Å². The van der Waals surface area contributed by atoms with Crippen LogP contribution in [0.5, 0.6) is 0 Å². The molecule has 0 amide bonds. The summed E-state index contributed by atoms with van der Waals surface area (Å²) in [7, 11) is -3.74. The number of halogens is 1. The normalized spacial score (nSPS) is 12.5. The minimum atomic E-state index is -3.74. The van der Waals surface area contributed by atoms with Gasteiger partial charge in [-0.25, -0.2) is 13.4 Å². The van der Waals surface area contributed by atoms with Gasteiger partial charge in [0.1, 0.15) is 0 Å². The maximum absolute atomic E-state index is 12.4. The summed E-state index contributed by atoms with van der Waals surface area (Å²) in [5.41, 5.74) is 1.55. The van der Waals surface area contributed by atoms with Crippen LogP contribution >= 0.6 is 22.9 Å². The highest BCUT2D eigenvalue weighted by atomic mass is 35.5. The van der Waals surface area contributed by atoms with E-state index in [4.69, 9.17) is 11.6 Å². The molecule has 0 spiro atoms. The van der Waals surface area contributed by atoms with E-state index in [0.717, 1.165) is 12.1 Å². The third-order valence-electron chi connectivity index (χ3n) is 3.69. The van der Waals surface area contributed by atoms with Gasteiger partial charge in [0.25, 0.3) is 10.0 Å². The van der Waals surface area contributed by atoms with Crippen molar-refractivity contribution in [3.8, 4) is 0 Å². The smallest absolute Gasteiger partial charge is 0.263 e. The van der Waals surface area contributed by atoms with Crippen LogP contribution in [0.2, 0.25) is 5.02 Å². The number of sulfonamides is 1. The van der Waals surface area contributed by atoms with E-state index in [0.29, 0.717) is 15.8 Å². The number of nitrogens with one attached hydrogen (secondary N) is 2. The van der Waals surface area contributed by atoms with Crippen molar-refractivity contribution in [1.82, 2.24) is 9.97 Å². The van der Waals surface area contributed by atoms with E-state index in [-0.39, 0.29) is 10.9 Å². The van der Waals surface area contributed by atoms with Gasteiger partial charge in [-0.15, -0.1) is 11.3 Å². The van der Waals surface area contributed by atoms with Gasteiger partial charge in [-0.05, 0) is 36.8 Å². The standard InChI is InChI=1S/C17H17ClN4O2S2/c1-2-14(16-5-3-4-8-19-16)21-15-7-6-12(11-13(15)18)26(23,24)22-17-20-9-10-25-17/h3-11,14,21H,2H2,1H3,(H,20,22). The van der Waals surface area contributed by atoms with Crippen molar-refractivity contribution in [1.29, 1.82) is 0 Å². The summed E-state index contributed by atoms with van der Waals surface area (Å²) in [6.45, 7) is 2.04. The second kappa shape index (κ2) is 8.03. The summed E-state index contributed by atoms with van der Waals surface area (Å²) in [4.78, 5) is 8.36. The summed E-state index contributed by atoms with van der Waals surface area (Å²) < 4.78 is 27.3. The molecule has 6 nitrogen and oxygen atoms in total. The van der Waals surface area contributed by atoms with Gasteiger partial charge in [0, 0.05) is 17.8 Å². The van der Waals surface area contributed by atoms with Gasteiger partial charge in [0.2, 0.25) is 0 Å². The molecule has 0 radical (unpaired) electrons. The summed E-state index contributed by atoms with van der Waals surface area (Å²) in [6.07, 6.45) is 4.07. The fourth-order valence-electron chi connectivity index (χ4n) is 2.38. The molecule has 0 fully saturated rings. The number of anilines is 2. The van der Waals surface area contributed by atoms with Crippen LogP contribution in [0.25, 0.3) is 0 Å². The third-order valence-corrected chi connectivity index (χ3v) is 6.15. The molecule has 3 rings (SSSR count). The lowest BCUT2D eigenvalue weighted by atomic mass is 10.1. The van der Waals surface area contributed by atoms with Crippen molar-refractivity contribution in [2.24, 2.45) is 0 Å². The van der Waals surface area contributed by atoms with Crippen molar-refractivity contribution in [2.45, 2.75) is 24.3 Å². The Kier molecular flexibility index (Phi) is 5.75. The van der Waals surface area contributed by atoms with E-state index in [1.165, 1.54) is 29.7 Å². The molecule has 0 saturated carbocycles. The monoisotopic (exact) mass is 408 g/mol. The summed E-state index contributed by atoms with van der Waals surface area (Å²) in [6, 6.07) is 10.3. The largest absolute Gasteiger partial charge is 0.375 e. The zero-order chi connectivity index (χ0) is 18.6. The molecule has 1 unspecified atom stereocenters. The van der Waals surface area contributed by atoms with Crippen LogP contribution in [0.1, 0.15) is 25.1 Å². The second-order valence-electron chi connectivity index (χ2n) is 5.44. The van der Waals surface area contributed by atoms with E-state index in [9.17, 15) is 8.42 Å². The quantitative estimate of drug-likeness (QED) is 0.598. The minimum absolute atomic E-state index is 0.0235. The average molecular weight is 409 g/mol. The van der Waals surface area contributed by atoms with Crippen LogP contribution in [-0.2, 0) is 10.0 Å². The molecule has 9 heteroatoms. The Morgan fingerprint density at radius 3 is 2.65 bits per heavy atom. The van der Waals surface area contributed by atoms with Gasteiger partial charge in [-0.1, -0.05) is 24.6 Å². The first-order valence-electron chi connectivity index (χ1n) is 7.89. The number of hydrogen-bond donors (Lipinski definition) is 2. The molecule has 3 aromatic rings. The van der Waals surface area contributed by atoms with Crippen molar-refractivity contribution in [3.05, 3.63) is 64.9 Å². The number of benzene rings is 1. The highest BCUT2D eigenvalue weighted by Crippen LogP contribution is 2.30. The summed E-state index contributed by atoms with van der Waals surface area (Å²) >= 11 is 7.52. The molecule has 0 aliphatic carbocycles. The first-order valence-corrected chi connectivity index (χ1v) is 10.6. The van der Waals surface area contributed by atoms with Crippen LogP contribution in [0, 0.1) is 0 Å². The van der Waals surface area contributed by atoms with Gasteiger partial charge in [0.15, 0.2) is 5.13 Å². The van der Waals surface area contributed by atoms with Crippen LogP contribution < -0.4 is 10.0 Å². The lowest BCUT2D eigenvalue weighted by molar-refractivity contribution is 0.601. The first kappa shape index (κ1) is 18.6. The molecule has 2 aromatic heterocycles. The predicted molar refractivity (Wildman–Crippen MR) is 105 cm³/mol. The van der Waals surface area contributed by atoms with E-state index in [1.54, 1.807) is 17.6 Å². The minimum Gasteiger partial charge on any atom is -0.375 e. The van der Waals surface area contributed by atoms with Gasteiger partial charge >= 0.3 is 0 Å². The Balaban J connectivity index is 1.81. The van der Waals surface area contributed by atoms with Crippen molar-refractivity contribution >= 4 is 43.8 Å². The molecule has 26 heavy (non-hydrogen) atoms. The van der Waals surface area contributed by atoms with Crippen LogP contribution in [-0.4, -0.2) is 18.4 Å². The number of aromatic nitrogens is 2. The maximum atomic E-state index is 12.4. The Morgan fingerprint density at radius 1 is 1.19 bits per heavy atom. The number of rotatable bonds is 7. The van der Waals surface area contributed by atoms with Gasteiger partial charge < -0.3 is 5.32 Å². The molecule has 1 aromatic carbocycles. The SMILES string of the molecule is CCC(Nc1ccc(S(=O)(=O)Nc2nccs2)cc1Cl)c1ccccn1.